The van der Waals surface area contributed by atoms with Crippen LogP contribution in [0.1, 0.15) is 51.4 Å². The van der Waals surface area contributed by atoms with Crippen LogP contribution in [0.25, 0.3) is 0 Å². The largest absolute Gasteiger partial charge is 0.436 e. The highest BCUT2D eigenvalue weighted by Crippen LogP contribution is 2.29. The first kappa shape index (κ1) is 21.8. The molecule has 1 saturated carbocycles. The van der Waals surface area contributed by atoms with Gasteiger partial charge in [0.05, 0.1) is 25.7 Å². The minimum absolute atomic E-state index is 0.0618. The topological polar surface area (TPSA) is 94.9 Å². The van der Waals surface area contributed by atoms with Gasteiger partial charge in [0, 0.05) is 32.2 Å². The minimum Gasteiger partial charge on any atom is -0.436 e. The summed E-state index contributed by atoms with van der Waals surface area (Å²) >= 11 is 0. The van der Waals surface area contributed by atoms with Crippen LogP contribution in [0, 0.1) is 17.2 Å². The van der Waals surface area contributed by atoms with Crippen LogP contribution in [0.2, 0.25) is 0 Å². The van der Waals surface area contributed by atoms with Gasteiger partial charge in [-0.3, -0.25) is 4.79 Å². The van der Waals surface area contributed by atoms with Gasteiger partial charge in [0.2, 0.25) is 0 Å². The van der Waals surface area contributed by atoms with E-state index in [2.05, 4.69) is 11.4 Å². The first-order valence-electron chi connectivity index (χ1n) is 11.1. The van der Waals surface area contributed by atoms with Gasteiger partial charge in [0.15, 0.2) is 6.10 Å². The van der Waals surface area contributed by atoms with Gasteiger partial charge in [-0.15, -0.1) is 0 Å². The number of nitrogens with zero attached hydrogens (tertiary/aromatic N) is 3. The van der Waals surface area contributed by atoms with E-state index < -0.39 is 12.2 Å². The van der Waals surface area contributed by atoms with Crippen molar-refractivity contribution in [3.8, 4) is 6.07 Å². The lowest BCUT2D eigenvalue weighted by atomic mass is 9.85. The predicted molar refractivity (Wildman–Crippen MR) is 107 cm³/mol. The second kappa shape index (κ2) is 11.4. The summed E-state index contributed by atoms with van der Waals surface area (Å²) in [6, 6.07) is 2.21. The van der Waals surface area contributed by atoms with Crippen molar-refractivity contribution in [3.05, 3.63) is 0 Å². The lowest BCUT2D eigenvalue weighted by Crippen LogP contribution is -2.50. The summed E-state index contributed by atoms with van der Waals surface area (Å²) in [4.78, 5) is 29.6. The molecular weight excluding hydrogens is 372 g/mol. The molecular formula is C21H34N4O4. The molecule has 1 N–H and O–H groups in total. The molecule has 3 rings (SSSR count). The molecule has 2 aliphatic heterocycles. The highest BCUT2D eigenvalue weighted by Gasteiger charge is 2.36. The number of carbonyl (C=O) groups excluding carboxylic acids is 2. The van der Waals surface area contributed by atoms with Gasteiger partial charge in [-0.2, -0.15) is 5.26 Å². The number of rotatable bonds is 7. The Morgan fingerprint density at radius 1 is 1.21 bits per heavy atom. The van der Waals surface area contributed by atoms with E-state index in [-0.39, 0.29) is 18.4 Å². The Bertz CT molecular complexity index is 576. The average Bonchev–Trinajstić information content (AvgIpc) is 3.29. The SMILES string of the molecule is N#CCCN(C(=O)C(CC1CCCCC1)OC(=O)N1CCOCC1)C1CCNC1. The Morgan fingerprint density at radius 3 is 2.62 bits per heavy atom. The van der Waals surface area contributed by atoms with Gasteiger partial charge in [0.25, 0.3) is 5.91 Å². The van der Waals surface area contributed by atoms with Gasteiger partial charge < -0.3 is 24.6 Å². The van der Waals surface area contributed by atoms with E-state index in [4.69, 9.17) is 14.7 Å². The number of amides is 2. The number of morpholine rings is 1. The maximum absolute atomic E-state index is 13.5. The van der Waals surface area contributed by atoms with Crippen molar-refractivity contribution in [2.45, 2.75) is 63.5 Å². The van der Waals surface area contributed by atoms with Crippen molar-refractivity contribution in [2.75, 3.05) is 45.9 Å². The highest BCUT2D eigenvalue weighted by molar-refractivity contribution is 5.84. The highest BCUT2D eigenvalue weighted by atomic mass is 16.6. The van der Waals surface area contributed by atoms with E-state index in [1.165, 1.54) is 19.3 Å². The van der Waals surface area contributed by atoms with Crippen molar-refractivity contribution < 1.29 is 19.1 Å². The molecule has 2 heterocycles. The fourth-order valence-corrected chi connectivity index (χ4v) is 4.60. The van der Waals surface area contributed by atoms with E-state index in [0.717, 1.165) is 32.4 Å². The zero-order valence-electron chi connectivity index (χ0n) is 17.3. The average molecular weight is 407 g/mol. The van der Waals surface area contributed by atoms with Crippen molar-refractivity contribution in [2.24, 2.45) is 5.92 Å². The van der Waals surface area contributed by atoms with Crippen molar-refractivity contribution >= 4 is 12.0 Å². The first-order valence-corrected chi connectivity index (χ1v) is 11.1. The summed E-state index contributed by atoms with van der Waals surface area (Å²) < 4.78 is 11.1. The van der Waals surface area contributed by atoms with E-state index in [9.17, 15) is 9.59 Å². The summed E-state index contributed by atoms with van der Waals surface area (Å²) in [7, 11) is 0. The second-order valence-electron chi connectivity index (χ2n) is 8.30. The van der Waals surface area contributed by atoms with Crippen LogP contribution in [0.5, 0.6) is 0 Å². The third-order valence-electron chi connectivity index (χ3n) is 6.28. The molecule has 0 radical (unpaired) electrons. The van der Waals surface area contributed by atoms with E-state index in [0.29, 0.717) is 45.2 Å². The molecule has 2 unspecified atom stereocenters. The molecule has 0 spiro atoms. The molecule has 8 heteroatoms. The number of carbonyl (C=O) groups is 2. The van der Waals surface area contributed by atoms with E-state index in [1.54, 1.807) is 9.80 Å². The molecule has 162 valence electrons. The Hall–Kier alpha value is -1.85. The number of nitriles is 1. The summed E-state index contributed by atoms with van der Waals surface area (Å²) in [5, 5.41) is 12.3. The molecule has 0 aromatic rings. The molecule has 2 saturated heterocycles. The normalized spacial score (nSPS) is 24.0. The van der Waals surface area contributed by atoms with Crippen molar-refractivity contribution in [1.29, 1.82) is 5.26 Å². The van der Waals surface area contributed by atoms with Crippen molar-refractivity contribution in [3.63, 3.8) is 0 Å². The van der Waals surface area contributed by atoms with Crippen LogP contribution in [0.4, 0.5) is 4.79 Å². The quantitative estimate of drug-likeness (QED) is 0.694. The Balaban J connectivity index is 1.70. The second-order valence-corrected chi connectivity index (χ2v) is 8.30. The molecule has 0 bridgehead atoms. The van der Waals surface area contributed by atoms with Crippen molar-refractivity contribution in [1.82, 2.24) is 15.1 Å². The van der Waals surface area contributed by atoms with Gasteiger partial charge >= 0.3 is 6.09 Å². The van der Waals surface area contributed by atoms with Crippen LogP contribution in [0.15, 0.2) is 0 Å². The van der Waals surface area contributed by atoms with E-state index in [1.807, 2.05) is 0 Å². The predicted octanol–water partition coefficient (Wildman–Crippen LogP) is 1.90. The van der Waals surface area contributed by atoms with Crippen LogP contribution in [-0.2, 0) is 14.3 Å². The number of hydrogen-bond donors (Lipinski definition) is 1. The van der Waals surface area contributed by atoms with Gasteiger partial charge in [0.1, 0.15) is 0 Å². The molecule has 0 aromatic carbocycles. The van der Waals surface area contributed by atoms with Crippen LogP contribution < -0.4 is 5.32 Å². The lowest BCUT2D eigenvalue weighted by molar-refractivity contribution is -0.144. The number of nitrogens with one attached hydrogen (secondary N) is 1. The first-order chi connectivity index (χ1) is 14.2. The Kier molecular flexibility index (Phi) is 8.56. The fraction of sp³-hybridized carbons (Fsp3) is 0.857. The molecule has 29 heavy (non-hydrogen) atoms. The minimum atomic E-state index is -0.771. The fourth-order valence-electron chi connectivity index (χ4n) is 4.60. The van der Waals surface area contributed by atoms with Gasteiger partial charge in [-0.1, -0.05) is 32.1 Å². The third-order valence-corrected chi connectivity index (χ3v) is 6.28. The summed E-state index contributed by atoms with van der Waals surface area (Å²) in [6.07, 6.45) is 6.30. The smallest absolute Gasteiger partial charge is 0.410 e. The number of ether oxygens (including phenoxy) is 2. The zero-order valence-corrected chi connectivity index (χ0v) is 17.3. The summed E-state index contributed by atoms with van der Waals surface area (Å²) in [6.45, 7) is 3.96. The Morgan fingerprint density at radius 2 is 1.97 bits per heavy atom. The van der Waals surface area contributed by atoms with Gasteiger partial charge in [-0.25, -0.2) is 4.79 Å². The monoisotopic (exact) mass is 406 g/mol. The molecule has 1 aliphatic carbocycles. The summed E-state index contributed by atoms with van der Waals surface area (Å²) in [5.41, 5.74) is 0. The molecule has 3 aliphatic rings. The third kappa shape index (κ3) is 6.31. The maximum Gasteiger partial charge on any atom is 0.410 e. The molecule has 8 nitrogen and oxygen atoms in total. The molecule has 0 aromatic heterocycles. The van der Waals surface area contributed by atoms with Crippen LogP contribution in [-0.4, -0.2) is 79.9 Å². The zero-order chi connectivity index (χ0) is 20.5. The van der Waals surface area contributed by atoms with Crippen LogP contribution >= 0.6 is 0 Å². The number of hydrogen-bond acceptors (Lipinski definition) is 6. The molecule has 2 atom stereocenters. The lowest BCUT2D eigenvalue weighted by Gasteiger charge is -2.34. The van der Waals surface area contributed by atoms with E-state index >= 15 is 0 Å². The molecule has 2 amide bonds. The van der Waals surface area contributed by atoms with Crippen LogP contribution in [0.3, 0.4) is 0 Å². The maximum atomic E-state index is 13.5. The molecule has 3 fully saturated rings. The van der Waals surface area contributed by atoms with Gasteiger partial charge in [-0.05, 0) is 25.3 Å². The Labute approximate surface area is 173 Å². The standard InChI is InChI=1S/C21H34N4O4/c22-8-4-10-25(18-7-9-23-16-18)20(26)19(15-17-5-2-1-3-6-17)29-21(27)24-11-13-28-14-12-24/h17-19,23H,1-7,9-16H2. The summed E-state index contributed by atoms with van der Waals surface area (Å²) in [5.74, 6) is 0.274.